The number of hydrazine groups is 1. The molecule has 1 aliphatic rings. The molecule has 0 aromatic heterocycles. The van der Waals surface area contributed by atoms with Gasteiger partial charge in [0.1, 0.15) is 31.1 Å². The van der Waals surface area contributed by atoms with Crippen LogP contribution in [0.2, 0.25) is 5.02 Å². The van der Waals surface area contributed by atoms with Crippen LogP contribution in [0.4, 0.5) is 14.5 Å². The van der Waals surface area contributed by atoms with Gasteiger partial charge in [-0.25, -0.2) is 13.8 Å². The van der Waals surface area contributed by atoms with Crippen LogP contribution in [0, 0.1) is 11.2 Å². The largest absolute Gasteiger partial charge is 0.384 e. The molecule has 1 amide bonds. The zero-order valence-corrected chi connectivity index (χ0v) is 22.5. The number of nitrogens with two attached hydrogens (primary N) is 1. The number of aliphatic hydroxyl groups excluding tert-OH is 1. The Morgan fingerprint density at radius 1 is 1.24 bits per heavy atom. The van der Waals surface area contributed by atoms with Gasteiger partial charge in [0.2, 0.25) is 0 Å². The van der Waals surface area contributed by atoms with Gasteiger partial charge in [-0.15, -0.1) is 0 Å². The van der Waals surface area contributed by atoms with E-state index < -0.39 is 42.0 Å². The Hall–Kier alpha value is -2.75. The zero-order valence-electron chi connectivity index (χ0n) is 21.7. The molecule has 10 heteroatoms. The number of nitrogens with zero attached hydrogens (tertiary/aromatic N) is 4. The molecule has 0 radical (unpaired) electrons. The third-order valence-electron chi connectivity index (χ3n) is 6.24. The molecule has 0 spiro atoms. The predicted molar refractivity (Wildman–Crippen MR) is 143 cm³/mol. The number of halogens is 3. The quantitative estimate of drug-likeness (QED) is 0.471. The highest BCUT2D eigenvalue weighted by Gasteiger charge is 2.44. The summed E-state index contributed by atoms with van der Waals surface area (Å²) in [6, 6.07) is 12.6. The van der Waals surface area contributed by atoms with Crippen LogP contribution >= 0.6 is 11.6 Å². The van der Waals surface area contributed by atoms with Gasteiger partial charge in [0.25, 0.3) is 5.91 Å². The SMILES string of the molecule is C[C@H](O)C(=O)N(CC[C@H](N)CF)[C@@H](C1=NCN(c2cc(Cl)ccc2F)N1Cc1ccccc1)C(C)(C)C. The van der Waals surface area contributed by atoms with Crippen LogP contribution in [-0.2, 0) is 11.3 Å². The fraction of sp³-hybridized carbons (Fsp3) is 0.481. The van der Waals surface area contributed by atoms with Crippen LogP contribution < -0.4 is 10.7 Å². The van der Waals surface area contributed by atoms with Gasteiger partial charge in [-0.3, -0.25) is 14.8 Å². The summed E-state index contributed by atoms with van der Waals surface area (Å²) in [4.78, 5) is 19.6. The Balaban J connectivity index is 2.10. The molecular weight excluding hydrogens is 500 g/mol. The molecule has 37 heavy (non-hydrogen) atoms. The van der Waals surface area contributed by atoms with Crippen molar-refractivity contribution >= 4 is 29.0 Å². The van der Waals surface area contributed by atoms with Crippen molar-refractivity contribution in [2.24, 2.45) is 16.1 Å². The maximum absolute atomic E-state index is 15.0. The molecule has 0 aliphatic carbocycles. The molecule has 3 rings (SSSR count). The Bertz CT molecular complexity index is 1090. The second kappa shape index (κ2) is 12.2. The fourth-order valence-corrected chi connectivity index (χ4v) is 4.61. The monoisotopic (exact) mass is 535 g/mol. The van der Waals surface area contributed by atoms with Gasteiger partial charge in [-0.05, 0) is 42.5 Å². The molecule has 7 nitrogen and oxygen atoms in total. The highest BCUT2D eigenvalue weighted by molar-refractivity contribution is 6.30. The van der Waals surface area contributed by atoms with Crippen molar-refractivity contribution in [2.75, 3.05) is 24.9 Å². The number of alkyl halides is 1. The van der Waals surface area contributed by atoms with Gasteiger partial charge >= 0.3 is 0 Å². The molecule has 3 atom stereocenters. The Labute approximate surface area is 222 Å². The molecule has 1 aliphatic heterocycles. The van der Waals surface area contributed by atoms with Crippen molar-refractivity contribution in [3.63, 3.8) is 0 Å². The number of anilines is 1. The topological polar surface area (TPSA) is 85.4 Å². The van der Waals surface area contributed by atoms with Crippen LogP contribution in [0.15, 0.2) is 53.5 Å². The normalized spacial score (nSPS) is 16.4. The first kappa shape index (κ1) is 28.8. The second-order valence-corrected chi connectivity index (χ2v) is 10.8. The fourth-order valence-electron chi connectivity index (χ4n) is 4.44. The molecule has 0 fully saturated rings. The van der Waals surface area contributed by atoms with Crippen LogP contribution in [0.25, 0.3) is 0 Å². The van der Waals surface area contributed by atoms with Gasteiger partial charge in [-0.1, -0.05) is 62.7 Å². The lowest BCUT2D eigenvalue weighted by molar-refractivity contribution is -0.142. The second-order valence-electron chi connectivity index (χ2n) is 10.4. The maximum Gasteiger partial charge on any atom is 0.251 e. The summed E-state index contributed by atoms with van der Waals surface area (Å²) in [5, 5.41) is 14.2. The van der Waals surface area contributed by atoms with Crippen molar-refractivity contribution in [3.05, 3.63) is 64.9 Å². The number of amides is 1. The average Bonchev–Trinajstić information content (AvgIpc) is 3.24. The number of hydrogen-bond donors (Lipinski definition) is 2. The minimum Gasteiger partial charge on any atom is -0.384 e. The number of rotatable bonds is 10. The summed E-state index contributed by atoms with van der Waals surface area (Å²) < 4.78 is 28.2. The molecule has 2 aromatic rings. The van der Waals surface area contributed by atoms with Gasteiger partial charge in [0, 0.05) is 17.6 Å². The minimum atomic E-state index is -1.28. The van der Waals surface area contributed by atoms with E-state index in [1.165, 1.54) is 24.0 Å². The lowest BCUT2D eigenvalue weighted by Crippen LogP contribution is -2.59. The third-order valence-corrected chi connectivity index (χ3v) is 6.48. The smallest absolute Gasteiger partial charge is 0.251 e. The minimum absolute atomic E-state index is 0.104. The summed E-state index contributed by atoms with van der Waals surface area (Å²) in [6.07, 6.45) is -1.07. The van der Waals surface area contributed by atoms with Crippen LogP contribution in [-0.4, -0.2) is 64.8 Å². The van der Waals surface area contributed by atoms with Crippen molar-refractivity contribution in [3.8, 4) is 0 Å². The Morgan fingerprint density at radius 3 is 2.51 bits per heavy atom. The van der Waals surface area contributed by atoms with E-state index in [1.54, 1.807) is 11.1 Å². The maximum atomic E-state index is 15.0. The molecule has 202 valence electrons. The average molecular weight is 536 g/mol. The standard InChI is InChI=1S/C27H36ClF2N5O2/c1-18(36)26(37)33(13-12-21(31)15-29)24(27(2,3)4)25-32-17-35(23-14-20(28)10-11-22(23)30)34(25)16-19-8-6-5-7-9-19/h5-11,14,18,21,24,36H,12-13,15-17,31H2,1-4H3/t18-,21-,24-/m0/s1. The van der Waals surface area contributed by atoms with Crippen LogP contribution in [0.5, 0.6) is 0 Å². The van der Waals surface area contributed by atoms with E-state index in [4.69, 9.17) is 22.3 Å². The van der Waals surface area contributed by atoms with E-state index in [0.29, 0.717) is 17.4 Å². The first-order valence-corrected chi connectivity index (χ1v) is 12.7. The number of aliphatic imine (C=N–C) groups is 1. The first-order chi connectivity index (χ1) is 17.4. The van der Waals surface area contributed by atoms with Crippen molar-refractivity contribution < 1.29 is 18.7 Å². The number of aliphatic hydroxyl groups is 1. The third kappa shape index (κ3) is 6.97. The van der Waals surface area contributed by atoms with Gasteiger partial charge in [-0.2, -0.15) is 0 Å². The van der Waals surface area contributed by atoms with E-state index in [0.717, 1.165) is 5.56 Å². The van der Waals surface area contributed by atoms with E-state index in [9.17, 15) is 14.3 Å². The van der Waals surface area contributed by atoms with Gasteiger partial charge in [0.15, 0.2) is 0 Å². The lowest BCUT2D eigenvalue weighted by Gasteiger charge is -2.44. The van der Waals surface area contributed by atoms with Gasteiger partial charge < -0.3 is 15.7 Å². The number of hydrogen-bond acceptors (Lipinski definition) is 6. The molecule has 2 aromatic carbocycles. The molecule has 0 saturated heterocycles. The Kier molecular flexibility index (Phi) is 9.50. The van der Waals surface area contributed by atoms with Crippen molar-refractivity contribution in [2.45, 2.75) is 58.8 Å². The molecular formula is C27H36ClF2N5O2. The first-order valence-electron chi connectivity index (χ1n) is 12.3. The van der Waals surface area contributed by atoms with E-state index in [2.05, 4.69) is 0 Å². The molecule has 0 saturated carbocycles. The number of carbonyl (C=O) groups is 1. The van der Waals surface area contributed by atoms with E-state index in [-0.39, 0.29) is 25.3 Å². The highest BCUT2D eigenvalue weighted by Crippen LogP contribution is 2.34. The van der Waals surface area contributed by atoms with Crippen molar-refractivity contribution in [1.82, 2.24) is 9.91 Å². The predicted octanol–water partition coefficient (Wildman–Crippen LogP) is 4.38. The summed E-state index contributed by atoms with van der Waals surface area (Å²) >= 11 is 6.21. The van der Waals surface area contributed by atoms with E-state index in [1.807, 2.05) is 56.1 Å². The van der Waals surface area contributed by atoms with Gasteiger partial charge in [0.05, 0.1) is 18.3 Å². The molecule has 0 bridgehead atoms. The summed E-state index contributed by atoms with van der Waals surface area (Å²) in [5.41, 5.74) is 6.49. The zero-order chi connectivity index (χ0) is 27.3. The van der Waals surface area contributed by atoms with Crippen LogP contribution in [0.3, 0.4) is 0 Å². The Morgan fingerprint density at radius 2 is 1.92 bits per heavy atom. The summed E-state index contributed by atoms with van der Waals surface area (Å²) in [6.45, 7) is 7.13. The van der Waals surface area contributed by atoms with Crippen LogP contribution in [0.1, 0.15) is 39.7 Å². The van der Waals surface area contributed by atoms with E-state index >= 15 is 4.39 Å². The number of benzene rings is 2. The summed E-state index contributed by atoms with van der Waals surface area (Å²) in [5.74, 6) is -0.448. The van der Waals surface area contributed by atoms with Crippen molar-refractivity contribution in [1.29, 1.82) is 0 Å². The molecule has 1 heterocycles. The summed E-state index contributed by atoms with van der Waals surface area (Å²) in [7, 11) is 0. The molecule has 0 unspecified atom stereocenters. The highest BCUT2D eigenvalue weighted by atomic mass is 35.5. The molecule has 3 N–H and O–H groups in total. The number of amidine groups is 1. The lowest BCUT2D eigenvalue weighted by atomic mass is 9.83. The number of carbonyl (C=O) groups excluding carboxylic acids is 1.